The highest BCUT2D eigenvalue weighted by molar-refractivity contribution is 7.90. The lowest BCUT2D eigenvalue weighted by Gasteiger charge is -2.09. The minimum Gasteiger partial charge on any atom is -0.493 e. The molecule has 4 aromatic rings. The second-order valence-electron chi connectivity index (χ2n) is 7.31. The number of benzene rings is 2. The molecule has 10 nitrogen and oxygen atoms in total. The molecular formula is C22H20N4O6S3. The molecule has 0 bridgehead atoms. The molecule has 2 amide bonds. The Bertz CT molecular complexity index is 1530. The summed E-state index contributed by atoms with van der Waals surface area (Å²) in [5.74, 6) is 0.226. The van der Waals surface area contributed by atoms with Gasteiger partial charge in [0, 0.05) is 17.2 Å². The average molecular weight is 533 g/mol. The van der Waals surface area contributed by atoms with Gasteiger partial charge in [-0.15, -0.1) is 11.3 Å². The monoisotopic (exact) mass is 532 g/mol. The smallest absolute Gasteiger partial charge is 0.257 e. The molecule has 2 aromatic heterocycles. The van der Waals surface area contributed by atoms with E-state index in [1.54, 1.807) is 29.6 Å². The number of amides is 2. The fraction of sp³-hybridized carbons (Fsp3) is 0.182. The number of aromatic nitrogens is 2. The Hall–Kier alpha value is -3.55. The molecule has 0 unspecified atom stereocenters. The van der Waals surface area contributed by atoms with Crippen LogP contribution in [0.25, 0.3) is 10.2 Å². The molecule has 35 heavy (non-hydrogen) atoms. The highest BCUT2D eigenvalue weighted by Gasteiger charge is 2.15. The van der Waals surface area contributed by atoms with Crippen molar-refractivity contribution in [2.24, 2.45) is 0 Å². The van der Waals surface area contributed by atoms with Gasteiger partial charge in [-0.2, -0.15) is 0 Å². The van der Waals surface area contributed by atoms with E-state index in [4.69, 9.17) is 9.47 Å². The number of sulfone groups is 1. The fourth-order valence-electron chi connectivity index (χ4n) is 3.11. The molecule has 0 aliphatic heterocycles. The Balaban J connectivity index is 1.39. The number of nitrogens with zero attached hydrogens (tertiary/aromatic N) is 2. The second-order valence-corrected chi connectivity index (χ2v) is 11.2. The van der Waals surface area contributed by atoms with Crippen molar-refractivity contribution in [1.29, 1.82) is 0 Å². The number of methoxy groups -OCH3 is 2. The number of ether oxygens (including phenoxy) is 2. The number of hydrogen-bond donors (Lipinski definition) is 2. The molecule has 2 N–H and O–H groups in total. The summed E-state index contributed by atoms with van der Waals surface area (Å²) >= 11 is 2.38. The first-order valence-electron chi connectivity index (χ1n) is 10.0. The predicted octanol–water partition coefficient (Wildman–Crippen LogP) is 3.61. The molecule has 0 spiro atoms. The predicted molar refractivity (Wildman–Crippen MR) is 135 cm³/mol. The first-order valence-corrected chi connectivity index (χ1v) is 13.6. The van der Waals surface area contributed by atoms with E-state index in [9.17, 15) is 18.0 Å². The lowest BCUT2D eigenvalue weighted by atomic mass is 10.2. The van der Waals surface area contributed by atoms with Gasteiger partial charge >= 0.3 is 0 Å². The molecule has 0 saturated carbocycles. The largest absolute Gasteiger partial charge is 0.493 e. The SMILES string of the molecule is COc1ccc(C(=O)Nc2nc(CC(=O)Nc3nc4ccc(S(C)(=O)=O)cc4s3)cs2)cc1OC. The van der Waals surface area contributed by atoms with Crippen molar-refractivity contribution < 1.29 is 27.5 Å². The first-order chi connectivity index (χ1) is 16.7. The number of rotatable bonds is 8. The molecule has 0 atom stereocenters. The van der Waals surface area contributed by atoms with Crippen LogP contribution in [-0.4, -0.2) is 50.7 Å². The number of fused-ring (bicyclic) bond motifs is 1. The van der Waals surface area contributed by atoms with Crippen LogP contribution >= 0.6 is 22.7 Å². The minimum atomic E-state index is -3.34. The Labute approximate surface area is 208 Å². The molecule has 4 rings (SSSR count). The molecule has 2 aromatic carbocycles. The van der Waals surface area contributed by atoms with Crippen LogP contribution in [-0.2, 0) is 21.1 Å². The van der Waals surface area contributed by atoms with E-state index in [-0.39, 0.29) is 23.1 Å². The molecule has 0 saturated heterocycles. The quantitative estimate of drug-likeness (QED) is 0.351. The maximum Gasteiger partial charge on any atom is 0.257 e. The van der Waals surface area contributed by atoms with Crippen LogP contribution in [0.2, 0.25) is 0 Å². The van der Waals surface area contributed by atoms with Crippen LogP contribution in [0.1, 0.15) is 16.1 Å². The lowest BCUT2D eigenvalue weighted by Crippen LogP contribution is -2.15. The third kappa shape index (κ3) is 5.75. The van der Waals surface area contributed by atoms with Crippen molar-refractivity contribution in [2.75, 3.05) is 31.1 Å². The lowest BCUT2D eigenvalue weighted by molar-refractivity contribution is -0.115. The third-order valence-electron chi connectivity index (χ3n) is 4.79. The van der Waals surface area contributed by atoms with Gasteiger partial charge in [0.2, 0.25) is 5.91 Å². The van der Waals surface area contributed by atoms with E-state index in [2.05, 4.69) is 20.6 Å². The minimum absolute atomic E-state index is 0.0206. The number of carbonyl (C=O) groups excluding carboxylic acids is 2. The average Bonchev–Trinajstić information content (AvgIpc) is 3.42. The van der Waals surface area contributed by atoms with Crippen LogP contribution in [0.5, 0.6) is 11.5 Å². The molecule has 0 aliphatic carbocycles. The third-order valence-corrected chi connectivity index (χ3v) is 7.64. The number of nitrogens with one attached hydrogen (secondary N) is 2. The van der Waals surface area contributed by atoms with Crippen molar-refractivity contribution in [1.82, 2.24) is 9.97 Å². The Morgan fingerprint density at radius 2 is 1.74 bits per heavy atom. The van der Waals surface area contributed by atoms with Gasteiger partial charge in [0.15, 0.2) is 31.6 Å². The molecular weight excluding hydrogens is 512 g/mol. The molecule has 0 fully saturated rings. The summed E-state index contributed by atoms with van der Waals surface area (Å²) in [7, 11) is -0.342. The number of carbonyl (C=O) groups is 2. The van der Waals surface area contributed by atoms with Crippen molar-refractivity contribution in [3.63, 3.8) is 0 Å². The molecule has 2 heterocycles. The van der Waals surface area contributed by atoms with Gasteiger partial charge in [0.1, 0.15) is 0 Å². The second kappa shape index (κ2) is 9.98. The maximum atomic E-state index is 12.6. The Kier molecular flexibility index (Phi) is 7.00. The van der Waals surface area contributed by atoms with E-state index in [1.807, 2.05) is 0 Å². The van der Waals surface area contributed by atoms with Crippen LogP contribution in [0.15, 0.2) is 46.7 Å². The Morgan fingerprint density at radius 3 is 2.46 bits per heavy atom. The number of anilines is 2. The van der Waals surface area contributed by atoms with Crippen molar-refractivity contribution in [2.45, 2.75) is 11.3 Å². The summed E-state index contributed by atoms with van der Waals surface area (Å²) in [6, 6.07) is 9.42. The summed E-state index contributed by atoms with van der Waals surface area (Å²) in [6.07, 6.45) is 1.11. The van der Waals surface area contributed by atoms with Crippen LogP contribution in [0.3, 0.4) is 0 Å². The van der Waals surface area contributed by atoms with Crippen LogP contribution < -0.4 is 20.1 Å². The summed E-state index contributed by atoms with van der Waals surface area (Å²) in [5.41, 5.74) is 1.44. The zero-order valence-electron chi connectivity index (χ0n) is 18.8. The highest BCUT2D eigenvalue weighted by Crippen LogP contribution is 2.29. The van der Waals surface area contributed by atoms with Crippen LogP contribution in [0, 0.1) is 0 Å². The van der Waals surface area contributed by atoms with Gasteiger partial charge < -0.3 is 14.8 Å². The van der Waals surface area contributed by atoms with Gasteiger partial charge in [-0.1, -0.05) is 11.3 Å². The summed E-state index contributed by atoms with van der Waals surface area (Å²) < 4.78 is 34.5. The molecule has 0 radical (unpaired) electrons. The van der Waals surface area contributed by atoms with Gasteiger partial charge in [0.25, 0.3) is 5.91 Å². The van der Waals surface area contributed by atoms with Crippen molar-refractivity contribution >= 4 is 64.8 Å². The molecule has 182 valence electrons. The Morgan fingerprint density at radius 1 is 0.971 bits per heavy atom. The molecule has 0 aliphatic rings. The number of hydrogen-bond acceptors (Lipinski definition) is 10. The fourth-order valence-corrected chi connectivity index (χ4v) is 5.46. The zero-order valence-corrected chi connectivity index (χ0v) is 21.3. The van der Waals surface area contributed by atoms with E-state index < -0.39 is 9.84 Å². The standard InChI is InChI=1S/C22H20N4O6S3/c1-31-16-7-4-12(8-17(16)32-2)20(28)26-21-23-13(11-33-21)9-19(27)25-22-24-15-6-5-14(35(3,29)30)10-18(15)34-22/h4-8,10-11H,9H2,1-3H3,(H,23,26,28)(H,24,25,27). The van der Waals surface area contributed by atoms with Gasteiger partial charge in [-0.05, 0) is 36.4 Å². The summed E-state index contributed by atoms with van der Waals surface area (Å²) in [6.45, 7) is 0. The van der Waals surface area contributed by atoms with E-state index in [0.717, 1.165) is 6.26 Å². The van der Waals surface area contributed by atoms with Crippen molar-refractivity contribution in [3.05, 3.63) is 53.0 Å². The topological polar surface area (TPSA) is 137 Å². The van der Waals surface area contributed by atoms with E-state index in [1.165, 1.54) is 49.0 Å². The first kappa shape index (κ1) is 24.6. The van der Waals surface area contributed by atoms with Gasteiger partial charge in [0.05, 0.1) is 41.4 Å². The van der Waals surface area contributed by atoms with Gasteiger partial charge in [-0.25, -0.2) is 18.4 Å². The molecule has 13 heteroatoms. The summed E-state index contributed by atoms with van der Waals surface area (Å²) in [4.78, 5) is 33.9. The normalized spacial score (nSPS) is 11.3. The number of thiazole rings is 2. The maximum absolute atomic E-state index is 12.6. The van der Waals surface area contributed by atoms with E-state index in [0.29, 0.717) is 43.2 Å². The zero-order chi connectivity index (χ0) is 25.2. The highest BCUT2D eigenvalue weighted by atomic mass is 32.2. The van der Waals surface area contributed by atoms with Gasteiger partial charge in [-0.3, -0.25) is 14.9 Å². The van der Waals surface area contributed by atoms with E-state index >= 15 is 0 Å². The summed E-state index contributed by atoms with van der Waals surface area (Å²) in [5, 5.41) is 7.80. The van der Waals surface area contributed by atoms with Crippen molar-refractivity contribution in [3.8, 4) is 11.5 Å². The van der Waals surface area contributed by atoms with Crippen LogP contribution in [0.4, 0.5) is 10.3 Å².